The molecule has 1 aliphatic heterocycles. The van der Waals surface area contributed by atoms with Gasteiger partial charge in [0.1, 0.15) is 5.03 Å². The highest BCUT2D eigenvalue weighted by Crippen LogP contribution is 2.31. The van der Waals surface area contributed by atoms with Crippen LogP contribution >= 0.6 is 11.8 Å². The molecule has 2 aromatic heterocycles. The number of aromatic amines is 1. The van der Waals surface area contributed by atoms with Crippen LogP contribution in [-0.4, -0.2) is 45.2 Å². The zero-order valence-electron chi connectivity index (χ0n) is 9.43. The lowest BCUT2D eigenvalue weighted by atomic mass is 10.4. The summed E-state index contributed by atoms with van der Waals surface area (Å²) in [7, 11) is 0. The minimum atomic E-state index is 0.498. The Kier molecular flexibility index (Phi) is 2.86. The van der Waals surface area contributed by atoms with E-state index in [0.717, 1.165) is 35.8 Å². The van der Waals surface area contributed by atoms with Gasteiger partial charge in [-0.3, -0.25) is 5.10 Å². The third kappa shape index (κ3) is 2.07. The predicted octanol–water partition coefficient (Wildman–Crippen LogP) is 1.28. The summed E-state index contributed by atoms with van der Waals surface area (Å²) in [6.45, 7) is 4.42. The number of H-pyrrole nitrogens is 1. The van der Waals surface area contributed by atoms with Crippen molar-refractivity contribution in [2.75, 3.05) is 25.1 Å². The largest absolute Gasteiger partial charge is 0.379 e. The van der Waals surface area contributed by atoms with Gasteiger partial charge in [0, 0.05) is 6.54 Å². The Morgan fingerprint density at radius 1 is 1.53 bits per heavy atom. The molecule has 0 saturated carbocycles. The molecule has 2 N–H and O–H groups in total. The van der Waals surface area contributed by atoms with Gasteiger partial charge in [-0.2, -0.15) is 10.1 Å². The molecule has 2 aromatic rings. The van der Waals surface area contributed by atoms with Crippen LogP contribution < -0.4 is 5.32 Å². The molecule has 90 valence electrons. The lowest BCUT2D eigenvalue weighted by Gasteiger charge is -2.24. The molecule has 17 heavy (non-hydrogen) atoms. The molecular weight excluding hydrogens is 238 g/mol. The molecule has 1 aliphatic rings. The summed E-state index contributed by atoms with van der Waals surface area (Å²) in [4.78, 5) is 8.86. The van der Waals surface area contributed by atoms with Crippen molar-refractivity contribution >= 4 is 28.7 Å². The predicted molar refractivity (Wildman–Crippen MR) is 66.3 cm³/mol. The van der Waals surface area contributed by atoms with Crippen molar-refractivity contribution in [3.63, 3.8) is 0 Å². The third-order valence-electron chi connectivity index (χ3n) is 2.50. The van der Waals surface area contributed by atoms with Crippen molar-refractivity contribution in [1.82, 2.24) is 20.2 Å². The molecule has 0 radical (unpaired) electrons. The van der Waals surface area contributed by atoms with Crippen LogP contribution in [0.15, 0.2) is 11.2 Å². The number of aromatic nitrogens is 4. The van der Waals surface area contributed by atoms with Crippen LogP contribution in [0.5, 0.6) is 0 Å². The molecule has 0 aromatic carbocycles. The van der Waals surface area contributed by atoms with E-state index in [0.29, 0.717) is 11.2 Å². The van der Waals surface area contributed by atoms with E-state index in [1.54, 1.807) is 18.0 Å². The van der Waals surface area contributed by atoms with Gasteiger partial charge in [-0.05, 0) is 6.92 Å². The second-order valence-corrected chi connectivity index (χ2v) is 5.08. The summed E-state index contributed by atoms with van der Waals surface area (Å²) in [6.07, 6.45) is 1.77. The van der Waals surface area contributed by atoms with E-state index in [-0.39, 0.29) is 0 Å². The Labute approximate surface area is 103 Å². The number of fused-ring (bicyclic) bond motifs is 1. The van der Waals surface area contributed by atoms with E-state index in [1.165, 1.54) is 0 Å². The third-order valence-corrected chi connectivity index (χ3v) is 3.64. The van der Waals surface area contributed by atoms with Crippen LogP contribution in [0.1, 0.15) is 6.92 Å². The number of hydrogen-bond acceptors (Lipinski definition) is 6. The fourth-order valence-electron chi connectivity index (χ4n) is 1.58. The van der Waals surface area contributed by atoms with E-state index < -0.39 is 0 Å². The number of ether oxygens (including phenoxy) is 1. The Hall–Kier alpha value is -1.34. The minimum Gasteiger partial charge on any atom is -0.379 e. The van der Waals surface area contributed by atoms with Crippen molar-refractivity contribution < 1.29 is 4.74 Å². The van der Waals surface area contributed by atoms with Crippen LogP contribution in [0.2, 0.25) is 0 Å². The van der Waals surface area contributed by atoms with Gasteiger partial charge >= 0.3 is 0 Å². The molecule has 0 atom stereocenters. The van der Waals surface area contributed by atoms with Crippen LogP contribution in [0.4, 0.5) is 5.95 Å². The molecule has 0 amide bonds. The first kappa shape index (κ1) is 10.8. The van der Waals surface area contributed by atoms with Crippen molar-refractivity contribution in [2.24, 2.45) is 0 Å². The SMILES string of the molecule is CCNc1nc(SC2COC2)c2cn[nH]c2n1. The summed E-state index contributed by atoms with van der Waals surface area (Å²) in [6, 6.07) is 0. The lowest BCUT2D eigenvalue weighted by Crippen LogP contribution is -2.30. The first-order chi connectivity index (χ1) is 8.36. The Morgan fingerprint density at radius 3 is 3.12 bits per heavy atom. The molecule has 0 bridgehead atoms. The molecule has 3 heterocycles. The molecule has 7 heteroatoms. The molecule has 0 unspecified atom stereocenters. The molecular formula is C10H13N5OS. The summed E-state index contributed by atoms with van der Waals surface area (Å²) in [5.74, 6) is 0.645. The maximum absolute atomic E-state index is 5.18. The highest BCUT2D eigenvalue weighted by molar-refractivity contribution is 8.00. The van der Waals surface area contributed by atoms with Crippen molar-refractivity contribution in [3.8, 4) is 0 Å². The van der Waals surface area contributed by atoms with Crippen molar-refractivity contribution in [2.45, 2.75) is 17.2 Å². The molecule has 0 spiro atoms. The van der Waals surface area contributed by atoms with Crippen LogP contribution in [-0.2, 0) is 4.74 Å². The standard InChI is InChI=1S/C10H13N5OS/c1-2-11-10-13-8-7(3-12-15-8)9(14-10)17-6-4-16-5-6/h3,6H,2,4-5H2,1H3,(H2,11,12,13,14,15). The molecule has 1 saturated heterocycles. The summed E-state index contributed by atoms with van der Waals surface area (Å²) in [5, 5.41) is 12.5. The van der Waals surface area contributed by atoms with Crippen LogP contribution in [0.25, 0.3) is 11.0 Å². The van der Waals surface area contributed by atoms with E-state index >= 15 is 0 Å². The zero-order chi connectivity index (χ0) is 11.7. The maximum Gasteiger partial charge on any atom is 0.225 e. The smallest absolute Gasteiger partial charge is 0.225 e. The van der Waals surface area contributed by atoms with E-state index in [4.69, 9.17) is 4.74 Å². The minimum absolute atomic E-state index is 0.498. The van der Waals surface area contributed by atoms with Gasteiger partial charge in [0.2, 0.25) is 5.95 Å². The van der Waals surface area contributed by atoms with Gasteiger partial charge in [0.15, 0.2) is 5.65 Å². The highest BCUT2D eigenvalue weighted by atomic mass is 32.2. The number of nitrogens with one attached hydrogen (secondary N) is 2. The monoisotopic (exact) mass is 251 g/mol. The Bertz CT molecular complexity index is 524. The normalized spacial score (nSPS) is 16.1. The maximum atomic E-state index is 5.18. The van der Waals surface area contributed by atoms with Gasteiger partial charge in [0.25, 0.3) is 0 Å². The van der Waals surface area contributed by atoms with E-state index in [9.17, 15) is 0 Å². The van der Waals surface area contributed by atoms with E-state index in [1.807, 2.05) is 6.92 Å². The summed E-state index contributed by atoms with van der Waals surface area (Å²) < 4.78 is 5.18. The topological polar surface area (TPSA) is 75.7 Å². The fourth-order valence-corrected chi connectivity index (χ4v) is 2.64. The number of thioether (sulfide) groups is 1. The fraction of sp³-hybridized carbons (Fsp3) is 0.500. The number of rotatable bonds is 4. The second-order valence-electron chi connectivity index (χ2n) is 3.79. The average molecular weight is 251 g/mol. The van der Waals surface area contributed by atoms with Crippen LogP contribution in [0, 0.1) is 0 Å². The molecule has 6 nitrogen and oxygen atoms in total. The quantitative estimate of drug-likeness (QED) is 0.797. The van der Waals surface area contributed by atoms with E-state index in [2.05, 4.69) is 25.5 Å². The molecule has 1 fully saturated rings. The molecule has 0 aliphatic carbocycles. The number of nitrogens with zero attached hydrogens (tertiary/aromatic N) is 3. The number of anilines is 1. The summed E-state index contributed by atoms with van der Waals surface area (Å²) in [5.41, 5.74) is 0.777. The van der Waals surface area contributed by atoms with Gasteiger partial charge in [-0.1, -0.05) is 11.8 Å². The highest BCUT2D eigenvalue weighted by Gasteiger charge is 2.22. The lowest BCUT2D eigenvalue weighted by molar-refractivity contribution is 0.0455. The van der Waals surface area contributed by atoms with Gasteiger partial charge < -0.3 is 10.1 Å². The zero-order valence-corrected chi connectivity index (χ0v) is 10.3. The van der Waals surface area contributed by atoms with Gasteiger partial charge in [-0.25, -0.2) is 4.98 Å². The first-order valence-electron chi connectivity index (χ1n) is 5.56. The van der Waals surface area contributed by atoms with Gasteiger partial charge in [-0.15, -0.1) is 0 Å². The van der Waals surface area contributed by atoms with Crippen molar-refractivity contribution in [3.05, 3.63) is 6.20 Å². The van der Waals surface area contributed by atoms with Crippen molar-refractivity contribution in [1.29, 1.82) is 0 Å². The second kappa shape index (κ2) is 4.50. The molecule has 3 rings (SSSR count). The summed E-state index contributed by atoms with van der Waals surface area (Å²) >= 11 is 1.73. The Morgan fingerprint density at radius 2 is 2.41 bits per heavy atom. The number of hydrogen-bond donors (Lipinski definition) is 2. The average Bonchev–Trinajstić information content (AvgIpc) is 2.71. The first-order valence-corrected chi connectivity index (χ1v) is 6.44. The Balaban J connectivity index is 1.96. The van der Waals surface area contributed by atoms with Gasteiger partial charge in [0.05, 0.1) is 30.0 Å². The van der Waals surface area contributed by atoms with Crippen LogP contribution in [0.3, 0.4) is 0 Å².